The Balaban J connectivity index is 2.03. The fraction of sp³-hybridized carbons (Fsp3) is 0.333. The maximum absolute atomic E-state index is 11.5. The van der Waals surface area contributed by atoms with Crippen LogP contribution in [0.3, 0.4) is 0 Å². The molecule has 1 fully saturated rings. The van der Waals surface area contributed by atoms with Crippen molar-refractivity contribution in [3.63, 3.8) is 0 Å². The summed E-state index contributed by atoms with van der Waals surface area (Å²) in [6.45, 7) is 0.0674. The van der Waals surface area contributed by atoms with E-state index in [-0.39, 0.29) is 18.4 Å². The van der Waals surface area contributed by atoms with Gasteiger partial charge in [-0.2, -0.15) is 0 Å². The smallest absolute Gasteiger partial charge is 0.243 e. The third-order valence-corrected chi connectivity index (χ3v) is 2.67. The molecule has 1 aliphatic heterocycles. The van der Waals surface area contributed by atoms with E-state index in [2.05, 4.69) is 10.6 Å². The average Bonchev–Trinajstić information content (AvgIpc) is 2.35. The summed E-state index contributed by atoms with van der Waals surface area (Å²) < 4.78 is 5.05. The van der Waals surface area contributed by atoms with Gasteiger partial charge in [0.2, 0.25) is 11.8 Å². The van der Waals surface area contributed by atoms with Crippen molar-refractivity contribution in [2.45, 2.75) is 12.5 Å². The van der Waals surface area contributed by atoms with Gasteiger partial charge in [-0.1, -0.05) is 12.1 Å². The van der Waals surface area contributed by atoms with Gasteiger partial charge in [0.25, 0.3) is 0 Å². The summed E-state index contributed by atoms with van der Waals surface area (Å²) in [7, 11) is 1.60. The van der Waals surface area contributed by atoms with Crippen LogP contribution in [0.5, 0.6) is 5.75 Å². The number of benzene rings is 1. The minimum atomic E-state index is -0.482. The fourth-order valence-electron chi connectivity index (χ4n) is 1.74. The number of methoxy groups -OCH3 is 1. The Bertz CT molecular complexity index is 428. The SMILES string of the molecule is COc1ccc(C[C@@H]2NC(=O)CNC2=O)cc1. The Morgan fingerprint density at radius 3 is 2.65 bits per heavy atom. The molecule has 0 unspecified atom stereocenters. The highest BCUT2D eigenvalue weighted by Crippen LogP contribution is 2.13. The summed E-state index contributed by atoms with van der Waals surface area (Å²) >= 11 is 0. The Morgan fingerprint density at radius 2 is 2.00 bits per heavy atom. The molecule has 5 heteroatoms. The van der Waals surface area contributed by atoms with Gasteiger partial charge in [-0.3, -0.25) is 9.59 Å². The Morgan fingerprint density at radius 1 is 1.29 bits per heavy atom. The first-order valence-corrected chi connectivity index (χ1v) is 5.39. The lowest BCUT2D eigenvalue weighted by Gasteiger charge is -2.23. The number of rotatable bonds is 3. The van der Waals surface area contributed by atoms with E-state index in [9.17, 15) is 9.59 Å². The van der Waals surface area contributed by atoms with Crippen molar-refractivity contribution in [1.29, 1.82) is 0 Å². The van der Waals surface area contributed by atoms with Gasteiger partial charge in [-0.05, 0) is 17.7 Å². The minimum absolute atomic E-state index is 0.0674. The van der Waals surface area contributed by atoms with Crippen molar-refractivity contribution in [2.24, 2.45) is 0 Å². The number of carbonyl (C=O) groups is 2. The molecule has 17 heavy (non-hydrogen) atoms. The lowest BCUT2D eigenvalue weighted by Crippen LogP contribution is -2.56. The maximum atomic E-state index is 11.5. The van der Waals surface area contributed by atoms with Gasteiger partial charge in [-0.25, -0.2) is 0 Å². The van der Waals surface area contributed by atoms with Crippen molar-refractivity contribution in [3.8, 4) is 5.75 Å². The third-order valence-electron chi connectivity index (χ3n) is 2.67. The zero-order valence-electron chi connectivity index (χ0n) is 9.53. The molecule has 0 radical (unpaired) electrons. The first-order valence-electron chi connectivity index (χ1n) is 5.39. The molecule has 2 rings (SSSR count). The molecule has 0 bridgehead atoms. The van der Waals surface area contributed by atoms with Crippen molar-refractivity contribution < 1.29 is 14.3 Å². The third kappa shape index (κ3) is 2.75. The zero-order chi connectivity index (χ0) is 12.3. The second-order valence-corrected chi connectivity index (χ2v) is 3.89. The molecule has 1 aliphatic rings. The topological polar surface area (TPSA) is 67.4 Å². The predicted octanol–water partition coefficient (Wildman–Crippen LogP) is -0.148. The standard InChI is InChI=1S/C12H14N2O3/c1-17-9-4-2-8(3-5-9)6-10-12(16)13-7-11(15)14-10/h2-5,10H,6-7H2,1H3,(H,13,16)(H,14,15)/t10-/m0/s1. The lowest BCUT2D eigenvalue weighted by molar-refractivity contribution is -0.133. The number of carbonyl (C=O) groups excluding carboxylic acids is 2. The zero-order valence-corrected chi connectivity index (χ0v) is 9.53. The summed E-state index contributed by atoms with van der Waals surface area (Å²) in [5.74, 6) is 0.481. The molecule has 1 aromatic rings. The van der Waals surface area contributed by atoms with Crippen molar-refractivity contribution in [3.05, 3.63) is 29.8 Å². The van der Waals surface area contributed by atoms with E-state index in [0.717, 1.165) is 11.3 Å². The summed E-state index contributed by atoms with van der Waals surface area (Å²) in [6.07, 6.45) is 0.488. The highest BCUT2D eigenvalue weighted by Gasteiger charge is 2.25. The van der Waals surface area contributed by atoms with Crippen molar-refractivity contribution in [2.75, 3.05) is 13.7 Å². The molecule has 5 nitrogen and oxygen atoms in total. The molecule has 0 spiro atoms. The van der Waals surface area contributed by atoms with Gasteiger partial charge < -0.3 is 15.4 Å². The summed E-state index contributed by atoms with van der Waals surface area (Å²) in [5, 5.41) is 5.21. The minimum Gasteiger partial charge on any atom is -0.497 e. The molecule has 2 N–H and O–H groups in total. The van der Waals surface area contributed by atoms with E-state index in [4.69, 9.17) is 4.74 Å². The maximum Gasteiger partial charge on any atom is 0.243 e. The van der Waals surface area contributed by atoms with Crippen molar-refractivity contribution >= 4 is 11.8 Å². The van der Waals surface area contributed by atoms with Gasteiger partial charge >= 0.3 is 0 Å². The quantitative estimate of drug-likeness (QED) is 0.764. The van der Waals surface area contributed by atoms with Crippen LogP contribution in [0.15, 0.2) is 24.3 Å². The van der Waals surface area contributed by atoms with Gasteiger partial charge in [-0.15, -0.1) is 0 Å². The van der Waals surface area contributed by atoms with E-state index in [0.29, 0.717) is 6.42 Å². The number of ether oxygens (including phenoxy) is 1. The Labute approximate surface area is 99.2 Å². The molecule has 0 aromatic heterocycles. The van der Waals surface area contributed by atoms with E-state index in [1.807, 2.05) is 24.3 Å². The number of hydrogen-bond donors (Lipinski definition) is 2. The van der Waals surface area contributed by atoms with Gasteiger partial charge in [0.05, 0.1) is 13.7 Å². The molecule has 0 saturated carbocycles. The molecule has 1 atom stereocenters. The molecular formula is C12H14N2O3. The molecule has 2 amide bonds. The largest absolute Gasteiger partial charge is 0.497 e. The second kappa shape index (κ2) is 4.86. The molecule has 1 aromatic carbocycles. The second-order valence-electron chi connectivity index (χ2n) is 3.89. The molecular weight excluding hydrogens is 220 g/mol. The van der Waals surface area contributed by atoms with Gasteiger partial charge in [0.15, 0.2) is 0 Å². The average molecular weight is 234 g/mol. The molecule has 90 valence electrons. The predicted molar refractivity (Wildman–Crippen MR) is 61.6 cm³/mol. The molecule has 1 heterocycles. The summed E-state index contributed by atoms with van der Waals surface area (Å²) in [6, 6.07) is 6.94. The highest BCUT2D eigenvalue weighted by atomic mass is 16.5. The van der Waals surface area contributed by atoms with Crippen LogP contribution in [0.1, 0.15) is 5.56 Å². The number of amides is 2. The monoisotopic (exact) mass is 234 g/mol. The van der Waals surface area contributed by atoms with E-state index >= 15 is 0 Å². The lowest BCUT2D eigenvalue weighted by atomic mass is 10.0. The first kappa shape index (κ1) is 11.4. The summed E-state index contributed by atoms with van der Waals surface area (Å²) in [5.41, 5.74) is 0.980. The van der Waals surface area contributed by atoms with Crippen LogP contribution in [-0.2, 0) is 16.0 Å². The first-order chi connectivity index (χ1) is 8.19. The highest BCUT2D eigenvalue weighted by molar-refractivity contribution is 5.94. The molecule has 0 aliphatic carbocycles. The van der Waals surface area contributed by atoms with Crippen LogP contribution in [0.4, 0.5) is 0 Å². The van der Waals surface area contributed by atoms with Crippen LogP contribution in [-0.4, -0.2) is 31.5 Å². The Hall–Kier alpha value is -2.04. The molecule has 1 saturated heterocycles. The number of nitrogens with one attached hydrogen (secondary N) is 2. The van der Waals surface area contributed by atoms with Crippen molar-refractivity contribution in [1.82, 2.24) is 10.6 Å². The van der Waals surface area contributed by atoms with Crippen LogP contribution < -0.4 is 15.4 Å². The Kier molecular flexibility index (Phi) is 3.27. The fourth-order valence-corrected chi connectivity index (χ4v) is 1.74. The van der Waals surface area contributed by atoms with E-state index < -0.39 is 6.04 Å². The van der Waals surface area contributed by atoms with Crippen LogP contribution in [0.25, 0.3) is 0 Å². The van der Waals surface area contributed by atoms with Crippen LogP contribution in [0, 0.1) is 0 Å². The normalized spacial score (nSPS) is 19.5. The number of hydrogen-bond acceptors (Lipinski definition) is 3. The van der Waals surface area contributed by atoms with Gasteiger partial charge in [0.1, 0.15) is 11.8 Å². The van der Waals surface area contributed by atoms with Crippen LogP contribution >= 0.6 is 0 Å². The summed E-state index contributed by atoms with van der Waals surface area (Å²) in [4.78, 5) is 22.7. The van der Waals surface area contributed by atoms with E-state index in [1.165, 1.54) is 0 Å². The van der Waals surface area contributed by atoms with E-state index in [1.54, 1.807) is 7.11 Å². The van der Waals surface area contributed by atoms with Gasteiger partial charge in [0, 0.05) is 6.42 Å². The number of piperazine rings is 1. The van der Waals surface area contributed by atoms with Crippen LogP contribution in [0.2, 0.25) is 0 Å².